The topological polar surface area (TPSA) is 71.4 Å². The molecule has 0 saturated heterocycles. The predicted octanol–water partition coefficient (Wildman–Crippen LogP) is 2.02. The van der Waals surface area contributed by atoms with Crippen LogP contribution >= 0.6 is 0 Å². The second kappa shape index (κ2) is 4.02. The van der Waals surface area contributed by atoms with Gasteiger partial charge in [0, 0.05) is 22.3 Å². The maximum absolute atomic E-state index is 12.3. The lowest BCUT2D eigenvalue weighted by atomic mass is 9.77. The van der Waals surface area contributed by atoms with Crippen molar-refractivity contribution in [1.82, 2.24) is 0 Å². The lowest BCUT2D eigenvalue weighted by Gasteiger charge is -2.23. The van der Waals surface area contributed by atoms with Crippen molar-refractivity contribution in [1.29, 1.82) is 0 Å². The molecule has 0 radical (unpaired) electrons. The summed E-state index contributed by atoms with van der Waals surface area (Å²) in [4.78, 5) is 35.6. The quantitative estimate of drug-likeness (QED) is 0.832. The van der Waals surface area contributed by atoms with E-state index in [1.807, 2.05) is 0 Å². The Kier molecular flexibility index (Phi) is 2.45. The largest absolute Gasteiger partial charge is 0.481 e. The number of carboxylic acids is 1. The normalized spacial score (nSPS) is 21.2. The first-order chi connectivity index (χ1) is 9.09. The van der Waals surface area contributed by atoms with Crippen LogP contribution in [0.25, 0.3) is 0 Å². The highest BCUT2D eigenvalue weighted by Crippen LogP contribution is 2.34. The van der Waals surface area contributed by atoms with Crippen LogP contribution in [0.2, 0.25) is 0 Å². The van der Waals surface area contributed by atoms with E-state index in [1.165, 1.54) is 12.2 Å². The van der Waals surface area contributed by atoms with Crippen molar-refractivity contribution in [2.45, 2.75) is 6.42 Å². The first-order valence-electron chi connectivity index (χ1n) is 5.92. The van der Waals surface area contributed by atoms with Crippen LogP contribution in [-0.4, -0.2) is 22.6 Å². The smallest absolute Gasteiger partial charge is 0.310 e. The number of aliphatic carboxylic acids is 1. The van der Waals surface area contributed by atoms with Gasteiger partial charge in [-0.05, 0) is 6.42 Å². The molecule has 1 N–H and O–H groups in total. The van der Waals surface area contributed by atoms with Gasteiger partial charge >= 0.3 is 5.97 Å². The Morgan fingerprint density at radius 1 is 1.11 bits per heavy atom. The maximum atomic E-state index is 12.3. The second-order valence-corrected chi connectivity index (χ2v) is 4.60. The van der Waals surface area contributed by atoms with E-state index in [1.54, 1.807) is 24.3 Å². The third-order valence-electron chi connectivity index (χ3n) is 3.50. The van der Waals surface area contributed by atoms with E-state index in [-0.39, 0.29) is 18.0 Å². The van der Waals surface area contributed by atoms with Crippen molar-refractivity contribution < 1.29 is 19.5 Å². The van der Waals surface area contributed by atoms with Crippen molar-refractivity contribution in [3.05, 3.63) is 58.7 Å². The van der Waals surface area contributed by atoms with E-state index in [9.17, 15) is 14.4 Å². The Labute approximate surface area is 109 Å². The monoisotopic (exact) mass is 254 g/mol. The van der Waals surface area contributed by atoms with Gasteiger partial charge < -0.3 is 5.11 Å². The summed E-state index contributed by atoms with van der Waals surface area (Å²) in [5.41, 5.74) is 1.41. The minimum Gasteiger partial charge on any atom is -0.481 e. The molecule has 0 fully saturated rings. The lowest BCUT2D eigenvalue weighted by Crippen LogP contribution is -2.26. The van der Waals surface area contributed by atoms with Crippen molar-refractivity contribution in [3.8, 4) is 0 Å². The fourth-order valence-corrected chi connectivity index (χ4v) is 2.50. The highest BCUT2D eigenvalue weighted by atomic mass is 16.4. The molecule has 1 atom stereocenters. The molecule has 94 valence electrons. The number of Topliss-reactive ketones (excluding diaryl/α,β-unsaturated/α-hetero) is 2. The third kappa shape index (κ3) is 1.64. The van der Waals surface area contributed by atoms with Crippen LogP contribution in [0.4, 0.5) is 0 Å². The molecule has 4 heteroatoms. The molecular weight excluding hydrogens is 244 g/mol. The van der Waals surface area contributed by atoms with Gasteiger partial charge in [-0.25, -0.2) is 0 Å². The number of allylic oxidation sites excluding steroid dienone is 3. The Morgan fingerprint density at radius 3 is 2.37 bits per heavy atom. The van der Waals surface area contributed by atoms with Crippen molar-refractivity contribution in [2.24, 2.45) is 5.92 Å². The molecule has 0 spiro atoms. The number of carboxylic acid groups (broad SMARTS) is 1. The van der Waals surface area contributed by atoms with Crippen molar-refractivity contribution in [3.63, 3.8) is 0 Å². The number of carbonyl (C=O) groups is 3. The molecule has 2 aliphatic rings. The Morgan fingerprint density at radius 2 is 1.74 bits per heavy atom. The van der Waals surface area contributed by atoms with Gasteiger partial charge in [0.1, 0.15) is 0 Å². The summed E-state index contributed by atoms with van der Waals surface area (Å²) < 4.78 is 0. The molecule has 2 aliphatic carbocycles. The summed E-state index contributed by atoms with van der Waals surface area (Å²) in [7, 11) is 0. The molecule has 1 unspecified atom stereocenters. The third-order valence-corrected chi connectivity index (χ3v) is 3.50. The number of hydrogen-bond acceptors (Lipinski definition) is 3. The molecule has 0 bridgehead atoms. The number of ketones is 2. The molecule has 0 amide bonds. The van der Waals surface area contributed by atoms with Gasteiger partial charge in [-0.15, -0.1) is 0 Å². The van der Waals surface area contributed by atoms with Crippen LogP contribution in [0, 0.1) is 5.92 Å². The Bertz CT molecular complexity index is 679. The number of carbonyl (C=O) groups excluding carboxylic acids is 2. The van der Waals surface area contributed by atoms with Gasteiger partial charge in [0.05, 0.1) is 5.92 Å². The second-order valence-electron chi connectivity index (χ2n) is 4.60. The highest BCUT2D eigenvalue weighted by Gasteiger charge is 2.34. The summed E-state index contributed by atoms with van der Waals surface area (Å²) in [5, 5.41) is 9.01. The fraction of sp³-hybridized carbons (Fsp3) is 0.133. The number of rotatable bonds is 1. The molecule has 1 aromatic rings. The van der Waals surface area contributed by atoms with Crippen LogP contribution in [0.5, 0.6) is 0 Å². The van der Waals surface area contributed by atoms with E-state index < -0.39 is 11.9 Å². The van der Waals surface area contributed by atoms with Crippen molar-refractivity contribution >= 4 is 17.5 Å². The first kappa shape index (κ1) is 11.6. The van der Waals surface area contributed by atoms with Gasteiger partial charge in [0.2, 0.25) is 0 Å². The molecular formula is C15H10O4. The van der Waals surface area contributed by atoms with Crippen LogP contribution in [0.1, 0.15) is 27.1 Å². The summed E-state index contributed by atoms with van der Waals surface area (Å²) >= 11 is 0. The van der Waals surface area contributed by atoms with Crippen LogP contribution in [0.15, 0.2) is 47.6 Å². The average Bonchev–Trinajstić information content (AvgIpc) is 2.44. The van der Waals surface area contributed by atoms with Gasteiger partial charge in [0.25, 0.3) is 0 Å². The molecule has 4 nitrogen and oxygen atoms in total. The van der Waals surface area contributed by atoms with E-state index in [0.717, 1.165) is 0 Å². The standard InChI is InChI=1S/C15H10O4/c16-13-9-3-1-2-4-10(9)14(17)12-7-8(15(18)19)5-6-11(12)13/h1-6,8H,7H2,(H,18,19). The fourth-order valence-electron chi connectivity index (χ4n) is 2.50. The van der Waals surface area contributed by atoms with Gasteiger partial charge in [-0.3, -0.25) is 14.4 Å². The van der Waals surface area contributed by atoms with E-state index in [4.69, 9.17) is 5.11 Å². The first-order valence-corrected chi connectivity index (χ1v) is 5.92. The number of benzene rings is 1. The van der Waals surface area contributed by atoms with Crippen LogP contribution in [-0.2, 0) is 4.79 Å². The molecule has 1 aromatic carbocycles. The van der Waals surface area contributed by atoms with Gasteiger partial charge in [-0.1, -0.05) is 36.4 Å². The number of hydrogen-bond donors (Lipinski definition) is 1. The molecule has 3 rings (SSSR count). The predicted molar refractivity (Wildman–Crippen MR) is 67.0 cm³/mol. The van der Waals surface area contributed by atoms with E-state index >= 15 is 0 Å². The molecule has 0 aliphatic heterocycles. The van der Waals surface area contributed by atoms with Gasteiger partial charge in [-0.2, -0.15) is 0 Å². The molecule has 0 saturated carbocycles. The van der Waals surface area contributed by atoms with Gasteiger partial charge in [0.15, 0.2) is 11.6 Å². The summed E-state index contributed by atoms with van der Waals surface area (Å²) in [6, 6.07) is 6.63. The summed E-state index contributed by atoms with van der Waals surface area (Å²) in [6.07, 6.45) is 3.02. The van der Waals surface area contributed by atoms with E-state index in [0.29, 0.717) is 22.3 Å². The number of fused-ring (bicyclic) bond motifs is 1. The van der Waals surface area contributed by atoms with Crippen LogP contribution in [0.3, 0.4) is 0 Å². The zero-order valence-corrected chi connectivity index (χ0v) is 9.92. The zero-order valence-electron chi connectivity index (χ0n) is 9.92. The Hall–Kier alpha value is -2.49. The molecule has 19 heavy (non-hydrogen) atoms. The molecule has 0 aromatic heterocycles. The minimum absolute atomic E-state index is 0.0834. The molecule has 0 heterocycles. The highest BCUT2D eigenvalue weighted by molar-refractivity contribution is 6.28. The zero-order chi connectivity index (χ0) is 13.6. The van der Waals surface area contributed by atoms with Crippen molar-refractivity contribution in [2.75, 3.05) is 0 Å². The Balaban J connectivity index is 2.12. The minimum atomic E-state index is -0.984. The SMILES string of the molecule is O=C1C2=C(CC(C(=O)O)C=C2)C(=O)c2ccccc21. The van der Waals surface area contributed by atoms with E-state index in [2.05, 4.69) is 0 Å². The average molecular weight is 254 g/mol. The summed E-state index contributed by atoms with van der Waals surface area (Å²) in [5.74, 6) is -2.16. The lowest BCUT2D eigenvalue weighted by molar-refractivity contribution is -0.140. The van der Waals surface area contributed by atoms with Crippen LogP contribution < -0.4 is 0 Å². The summed E-state index contributed by atoms with van der Waals surface area (Å²) in [6.45, 7) is 0. The maximum Gasteiger partial charge on any atom is 0.310 e.